The van der Waals surface area contributed by atoms with Crippen LogP contribution in [0.3, 0.4) is 0 Å². The smallest absolute Gasteiger partial charge is 0.224 e. The Balaban J connectivity index is 1.57. The van der Waals surface area contributed by atoms with Gasteiger partial charge in [-0.3, -0.25) is 4.79 Å². The number of carbonyl (C=O) groups excluding carboxylic acids is 1. The summed E-state index contributed by atoms with van der Waals surface area (Å²) in [5.41, 5.74) is 2.77. The van der Waals surface area contributed by atoms with Crippen molar-refractivity contribution in [3.8, 4) is 0 Å². The summed E-state index contributed by atoms with van der Waals surface area (Å²) in [6, 6.07) is 8.63. The summed E-state index contributed by atoms with van der Waals surface area (Å²) in [5.74, 6) is 1.00. The van der Waals surface area contributed by atoms with Gasteiger partial charge in [0.15, 0.2) is 0 Å². The number of amides is 1. The Bertz CT molecular complexity index is 500. The highest BCUT2D eigenvalue weighted by atomic mass is 16.2. The largest absolute Gasteiger partial charge is 0.371 e. The normalized spacial score (nSPS) is 22.0. The molecule has 0 radical (unpaired) electrons. The highest BCUT2D eigenvalue weighted by Crippen LogP contribution is 2.26. The topological polar surface area (TPSA) is 23.6 Å². The summed E-state index contributed by atoms with van der Waals surface area (Å²) >= 11 is 0. The second-order valence-electron chi connectivity index (χ2n) is 6.56. The molecule has 1 atom stereocenters. The molecule has 1 aromatic rings. The number of carbonyl (C=O) groups is 1. The lowest BCUT2D eigenvalue weighted by molar-refractivity contribution is -0.132. The molecule has 3 heteroatoms. The first-order valence-electron chi connectivity index (χ1n) is 8.34. The molecule has 1 unspecified atom stereocenters. The molecule has 0 spiro atoms. The van der Waals surface area contributed by atoms with Crippen LogP contribution in [-0.2, 0) is 11.2 Å². The Morgan fingerprint density at radius 1 is 1.24 bits per heavy atom. The monoisotopic (exact) mass is 286 g/mol. The number of aryl methyl sites for hydroxylation is 1. The van der Waals surface area contributed by atoms with E-state index in [1.165, 1.54) is 36.9 Å². The lowest BCUT2D eigenvalue weighted by Gasteiger charge is -2.34. The van der Waals surface area contributed by atoms with Crippen molar-refractivity contribution in [2.75, 3.05) is 31.1 Å². The molecule has 21 heavy (non-hydrogen) atoms. The SMILES string of the molecule is CC1CCCN(C(=O)CCN2CCCc3ccccc32)C1. The van der Waals surface area contributed by atoms with Crippen molar-refractivity contribution in [1.29, 1.82) is 0 Å². The van der Waals surface area contributed by atoms with Crippen molar-refractivity contribution in [1.82, 2.24) is 4.90 Å². The van der Waals surface area contributed by atoms with Gasteiger partial charge in [0.05, 0.1) is 0 Å². The molecule has 1 amide bonds. The molecule has 3 rings (SSSR count). The standard InChI is InChI=1S/C18H26N2O/c1-15-6-4-12-20(14-15)18(21)10-13-19-11-5-8-16-7-2-3-9-17(16)19/h2-3,7,9,15H,4-6,8,10-14H2,1H3. The number of hydrogen-bond donors (Lipinski definition) is 0. The average molecular weight is 286 g/mol. The van der Waals surface area contributed by atoms with Crippen LogP contribution in [0.15, 0.2) is 24.3 Å². The van der Waals surface area contributed by atoms with Crippen molar-refractivity contribution >= 4 is 11.6 Å². The van der Waals surface area contributed by atoms with Crippen LogP contribution in [0.5, 0.6) is 0 Å². The molecule has 2 aliphatic heterocycles. The van der Waals surface area contributed by atoms with Crippen LogP contribution >= 0.6 is 0 Å². The van der Waals surface area contributed by atoms with Crippen molar-refractivity contribution < 1.29 is 4.79 Å². The van der Waals surface area contributed by atoms with Crippen LogP contribution in [0.25, 0.3) is 0 Å². The third-order valence-electron chi connectivity index (χ3n) is 4.81. The van der Waals surface area contributed by atoms with Crippen LogP contribution in [0.1, 0.15) is 38.2 Å². The maximum absolute atomic E-state index is 12.4. The third kappa shape index (κ3) is 3.39. The Morgan fingerprint density at radius 2 is 2.10 bits per heavy atom. The molecule has 0 aromatic heterocycles. The molecule has 2 aliphatic rings. The zero-order valence-corrected chi connectivity index (χ0v) is 13.1. The van der Waals surface area contributed by atoms with Crippen molar-refractivity contribution in [2.24, 2.45) is 5.92 Å². The number of nitrogens with zero attached hydrogens (tertiary/aromatic N) is 2. The van der Waals surface area contributed by atoms with E-state index < -0.39 is 0 Å². The summed E-state index contributed by atoms with van der Waals surface area (Å²) in [6.07, 6.45) is 5.46. The predicted molar refractivity (Wildman–Crippen MR) is 86.6 cm³/mol. The molecule has 0 N–H and O–H groups in total. The van der Waals surface area contributed by atoms with Gasteiger partial charge in [0.1, 0.15) is 0 Å². The summed E-state index contributed by atoms with van der Waals surface area (Å²) in [4.78, 5) is 16.9. The minimum atomic E-state index is 0.338. The molecule has 1 saturated heterocycles. The van der Waals surface area contributed by atoms with E-state index in [2.05, 4.69) is 41.0 Å². The molecular weight excluding hydrogens is 260 g/mol. The zero-order valence-electron chi connectivity index (χ0n) is 13.1. The lowest BCUT2D eigenvalue weighted by atomic mass is 9.99. The maximum Gasteiger partial charge on any atom is 0.224 e. The van der Waals surface area contributed by atoms with Crippen molar-refractivity contribution in [3.63, 3.8) is 0 Å². The second-order valence-corrected chi connectivity index (χ2v) is 6.56. The quantitative estimate of drug-likeness (QED) is 0.852. The molecule has 114 valence electrons. The molecule has 0 saturated carbocycles. The van der Waals surface area contributed by atoms with Gasteiger partial charge >= 0.3 is 0 Å². The first-order valence-corrected chi connectivity index (χ1v) is 8.34. The second kappa shape index (κ2) is 6.50. The van der Waals surface area contributed by atoms with E-state index in [-0.39, 0.29) is 0 Å². The summed E-state index contributed by atoms with van der Waals surface area (Å²) in [5, 5.41) is 0. The van der Waals surface area contributed by atoms with E-state index in [4.69, 9.17) is 0 Å². The number of hydrogen-bond acceptors (Lipinski definition) is 2. The van der Waals surface area contributed by atoms with Crippen LogP contribution in [-0.4, -0.2) is 37.0 Å². The number of rotatable bonds is 3. The highest BCUT2D eigenvalue weighted by molar-refractivity contribution is 5.77. The van der Waals surface area contributed by atoms with Gasteiger partial charge < -0.3 is 9.80 Å². The first kappa shape index (κ1) is 14.4. The van der Waals surface area contributed by atoms with Crippen molar-refractivity contribution in [3.05, 3.63) is 29.8 Å². The first-order chi connectivity index (χ1) is 10.2. The fraction of sp³-hybridized carbons (Fsp3) is 0.611. The third-order valence-corrected chi connectivity index (χ3v) is 4.81. The molecule has 0 aliphatic carbocycles. The van der Waals surface area contributed by atoms with Crippen LogP contribution in [0.2, 0.25) is 0 Å². The van der Waals surface area contributed by atoms with E-state index >= 15 is 0 Å². The Labute approximate surface area is 127 Å². The zero-order chi connectivity index (χ0) is 14.7. The fourth-order valence-electron chi connectivity index (χ4n) is 3.65. The molecule has 1 aromatic carbocycles. The fourth-order valence-corrected chi connectivity index (χ4v) is 3.65. The van der Waals surface area contributed by atoms with Gasteiger partial charge in [0.2, 0.25) is 5.91 Å². The van der Waals surface area contributed by atoms with Gasteiger partial charge in [0.25, 0.3) is 0 Å². The number of anilines is 1. The number of para-hydroxylation sites is 1. The highest BCUT2D eigenvalue weighted by Gasteiger charge is 2.22. The number of likely N-dealkylation sites (tertiary alicyclic amines) is 1. The molecule has 2 heterocycles. The van der Waals surface area contributed by atoms with E-state index in [9.17, 15) is 4.79 Å². The summed E-state index contributed by atoms with van der Waals surface area (Å²) in [6.45, 7) is 6.11. The maximum atomic E-state index is 12.4. The molecule has 3 nitrogen and oxygen atoms in total. The van der Waals surface area contributed by atoms with Crippen LogP contribution in [0.4, 0.5) is 5.69 Å². The Morgan fingerprint density at radius 3 is 2.95 bits per heavy atom. The Kier molecular flexibility index (Phi) is 4.47. The minimum absolute atomic E-state index is 0.338. The number of piperidine rings is 1. The van der Waals surface area contributed by atoms with E-state index in [0.29, 0.717) is 18.2 Å². The number of benzene rings is 1. The van der Waals surface area contributed by atoms with E-state index in [0.717, 1.165) is 26.2 Å². The number of fused-ring (bicyclic) bond motifs is 1. The van der Waals surface area contributed by atoms with Crippen LogP contribution < -0.4 is 4.90 Å². The summed E-state index contributed by atoms with van der Waals surface area (Å²) in [7, 11) is 0. The minimum Gasteiger partial charge on any atom is -0.371 e. The van der Waals surface area contributed by atoms with Gasteiger partial charge in [-0.05, 0) is 43.2 Å². The molecular formula is C18H26N2O. The van der Waals surface area contributed by atoms with E-state index in [1.54, 1.807) is 0 Å². The average Bonchev–Trinajstić information content (AvgIpc) is 2.52. The molecule has 1 fully saturated rings. The molecule has 0 bridgehead atoms. The van der Waals surface area contributed by atoms with Crippen LogP contribution in [0, 0.1) is 5.92 Å². The van der Waals surface area contributed by atoms with Gasteiger partial charge in [-0.25, -0.2) is 0 Å². The van der Waals surface area contributed by atoms with Gasteiger partial charge in [-0.1, -0.05) is 25.1 Å². The van der Waals surface area contributed by atoms with Crippen molar-refractivity contribution in [2.45, 2.75) is 39.0 Å². The van der Waals surface area contributed by atoms with E-state index in [1.807, 2.05) is 0 Å². The van der Waals surface area contributed by atoms with Gasteiger partial charge in [-0.2, -0.15) is 0 Å². The lowest BCUT2D eigenvalue weighted by Crippen LogP contribution is -2.41. The Hall–Kier alpha value is -1.51. The summed E-state index contributed by atoms with van der Waals surface area (Å²) < 4.78 is 0. The predicted octanol–water partition coefficient (Wildman–Crippen LogP) is 3.09. The van der Waals surface area contributed by atoms with Gasteiger partial charge in [-0.15, -0.1) is 0 Å². The van der Waals surface area contributed by atoms with Gasteiger partial charge in [0, 0.05) is 38.3 Å².